The third kappa shape index (κ3) is 1.94. The van der Waals surface area contributed by atoms with Gasteiger partial charge in [-0.3, -0.25) is 0 Å². The molecule has 1 N–H and O–H groups in total. The molecule has 15 heavy (non-hydrogen) atoms. The van der Waals surface area contributed by atoms with Crippen LogP contribution in [0.2, 0.25) is 0 Å². The summed E-state index contributed by atoms with van der Waals surface area (Å²) < 4.78 is 5.24. The zero-order valence-corrected chi connectivity index (χ0v) is 8.47. The first-order chi connectivity index (χ1) is 7.31. The van der Waals surface area contributed by atoms with E-state index in [1.165, 1.54) is 0 Å². The summed E-state index contributed by atoms with van der Waals surface area (Å²) in [5.74, 6) is 1.01. The van der Waals surface area contributed by atoms with Crippen LogP contribution in [0.15, 0.2) is 48.5 Å². The molecule has 2 aromatic carbocycles. The fraction of sp³-hybridized carbons (Fsp3) is 0.0769. The van der Waals surface area contributed by atoms with E-state index in [1.54, 1.807) is 25.3 Å². The molecule has 0 fully saturated rings. The van der Waals surface area contributed by atoms with Crippen LogP contribution in [0.1, 0.15) is 0 Å². The van der Waals surface area contributed by atoms with Crippen LogP contribution < -0.4 is 4.74 Å². The molecular formula is C13H12O2. The van der Waals surface area contributed by atoms with Crippen LogP contribution in [0.4, 0.5) is 0 Å². The summed E-state index contributed by atoms with van der Waals surface area (Å²) in [6, 6.07) is 14.9. The fourth-order valence-corrected chi connectivity index (χ4v) is 1.54. The molecule has 2 heteroatoms. The van der Waals surface area contributed by atoms with E-state index in [-0.39, 0.29) is 5.75 Å². The summed E-state index contributed by atoms with van der Waals surface area (Å²) in [5, 5.41) is 9.44. The Labute approximate surface area is 88.8 Å². The number of phenols is 1. The monoisotopic (exact) mass is 200 g/mol. The van der Waals surface area contributed by atoms with Crippen molar-refractivity contribution in [2.45, 2.75) is 0 Å². The normalized spacial score (nSPS) is 9.93. The van der Waals surface area contributed by atoms with E-state index in [2.05, 4.69) is 0 Å². The van der Waals surface area contributed by atoms with Gasteiger partial charge in [0.25, 0.3) is 0 Å². The molecule has 0 atom stereocenters. The maximum Gasteiger partial charge on any atom is 0.126 e. The van der Waals surface area contributed by atoms with Gasteiger partial charge in [0.15, 0.2) is 0 Å². The van der Waals surface area contributed by atoms with Crippen LogP contribution in [-0.4, -0.2) is 12.2 Å². The molecule has 0 aromatic heterocycles. The Morgan fingerprint density at radius 2 is 1.73 bits per heavy atom. The lowest BCUT2D eigenvalue weighted by Crippen LogP contribution is -1.87. The van der Waals surface area contributed by atoms with Crippen LogP contribution >= 0.6 is 0 Å². The Hall–Kier alpha value is -1.96. The van der Waals surface area contributed by atoms with Crippen molar-refractivity contribution in [3.05, 3.63) is 48.5 Å². The van der Waals surface area contributed by atoms with Crippen LogP contribution in [0.5, 0.6) is 11.5 Å². The highest BCUT2D eigenvalue weighted by atomic mass is 16.5. The first kappa shape index (κ1) is 9.59. The molecule has 2 nitrogen and oxygen atoms in total. The zero-order chi connectivity index (χ0) is 10.7. The number of hydrogen-bond acceptors (Lipinski definition) is 2. The fourth-order valence-electron chi connectivity index (χ4n) is 1.54. The predicted octanol–water partition coefficient (Wildman–Crippen LogP) is 3.07. The molecule has 0 amide bonds. The van der Waals surface area contributed by atoms with E-state index in [0.717, 1.165) is 16.9 Å². The van der Waals surface area contributed by atoms with Gasteiger partial charge in [-0.2, -0.15) is 0 Å². The van der Waals surface area contributed by atoms with Gasteiger partial charge < -0.3 is 9.84 Å². The van der Waals surface area contributed by atoms with E-state index in [4.69, 9.17) is 4.74 Å². The van der Waals surface area contributed by atoms with Crippen molar-refractivity contribution >= 4 is 0 Å². The van der Waals surface area contributed by atoms with Gasteiger partial charge in [0.1, 0.15) is 11.5 Å². The molecule has 0 spiro atoms. The van der Waals surface area contributed by atoms with Gasteiger partial charge in [0.05, 0.1) is 7.11 Å². The maximum atomic E-state index is 9.44. The largest absolute Gasteiger partial charge is 0.508 e. The SMILES string of the molecule is COc1ccc(O)cc1-c1ccccc1. The number of rotatable bonds is 2. The molecule has 0 heterocycles. The molecule has 0 aliphatic rings. The van der Waals surface area contributed by atoms with Crippen LogP contribution in [0, 0.1) is 0 Å². The molecule has 2 aromatic rings. The van der Waals surface area contributed by atoms with Crippen LogP contribution in [0.3, 0.4) is 0 Å². The lowest BCUT2D eigenvalue weighted by molar-refractivity contribution is 0.414. The van der Waals surface area contributed by atoms with Crippen LogP contribution in [-0.2, 0) is 0 Å². The molecule has 0 bridgehead atoms. The van der Waals surface area contributed by atoms with E-state index in [1.807, 2.05) is 30.3 Å². The third-order valence-corrected chi connectivity index (χ3v) is 2.27. The van der Waals surface area contributed by atoms with Crippen molar-refractivity contribution < 1.29 is 9.84 Å². The van der Waals surface area contributed by atoms with E-state index >= 15 is 0 Å². The molecule has 0 unspecified atom stereocenters. The van der Waals surface area contributed by atoms with Gasteiger partial charge >= 0.3 is 0 Å². The Balaban J connectivity index is 2.56. The lowest BCUT2D eigenvalue weighted by atomic mass is 10.0. The van der Waals surface area contributed by atoms with Gasteiger partial charge in [-0.05, 0) is 23.8 Å². The van der Waals surface area contributed by atoms with E-state index < -0.39 is 0 Å². The minimum Gasteiger partial charge on any atom is -0.508 e. The van der Waals surface area contributed by atoms with Gasteiger partial charge in [0.2, 0.25) is 0 Å². The second-order valence-corrected chi connectivity index (χ2v) is 3.25. The number of methoxy groups -OCH3 is 1. The Bertz CT molecular complexity index is 449. The van der Waals surface area contributed by atoms with Crippen molar-refractivity contribution in [2.24, 2.45) is 0 Å². The molecular weight excluding hydrogens is 188 g/mol. The first-order valence-corrected chi connectivity index (χ1v) is 4.73. The molecule has 0 aliphatic carbocycles. The number of phenolic OH excluding ortho intramolecular Hbond substituents is 1. The average molecular weight is 200 g/mol. The number of aromatic hydroxyl groups is 1. The van der Waals surface area contributed by atoms with Crippen molar-refractivity contribution in [2.75, 3.05) is 7.11 Å². The number of ether oxygens (including phenoxy) is 1. The standard InChI is InChI=1S/C13H12O2/c1-15-13-8-7-11(14)9-12(13)10-5-3-2-4-6-10/h2-9,14H,1H3. The Morgan fingerprint density at radius 3 is 2.40 bits per heavy atom. The highest BCUT2D eigenvalue weighted by Gasteiger charge is 2.05. The number of benzene rings is 2. The first-order valence-electron chi connectivity index (χ1n) is 4.73. The average Bonchev–Trinajstić information content (AvgIpc) is 2.30. The molecule has 76 valence electrons. The summed E-state index contributed by atoms with van der Waals surface area (Å²) >= 11 is 0. The zero-order valence-electron chi connectivity index (χ0n) is 8.47. The molecule has 2 rings (SSSR count). The highest BCUT2D eigenvalue weighted by molar-refractivity contribution is 5.71. The third-order valence-electron chi connectivity index (χ3n) is 2.27. The van der Waals surface area contributed by atoms with Crippen molar-refractivity contribution in [3.63, 3.8) is 0 Å². The smallest absolute Gasteiger partial charge is 0.126 e. The summed E-state index contributed by atoms with van der Waals surface area (Å²) in [5.41, 5.74) is 1.93. The lowest BCUT2D eigenvalue weighted by Gasteiger charge is -2.08. The maximum absolute atomic E-state index is 9.44. The van der Waals surface area contributed by atoms with Crippen molar-refractivity contribution in [1.29, 1.82) is 0 Å². The van der Waals surface area contributed by atoms with Crippen LogP contribution in [0.25, 0.3) is 11.1 Å². The minimum atomic E-state index is 0.245. The molecule has 0 aliphatic heterocycles. The molecule has 0 saturated carbocycles. The van der Waals surface area contributed by atoms with E-state index in [9.17, 15) is 5.11 Å². The van der Waals surface area contributed by atoms with Gasteiger partial charge in [-0.1, -0.05) is 30.3 Å². The Morgan fingerprint density at radius 1 is 1.00 bits per heavy atom. The van der Waals surface area contributed by atoms with Crippen molar-refractivity contribution in [1.82, 2.24) is 0 Å². The summed E-state index contributed by atoms with van der Waals surface area (Å²) in [6.07, 6.45) is 0. The van der Waals surface area contributed by atoms with E-state index in [0.29, 0.717) is 0 Å². The molecule has 0 saturated heterocycles. The predicted molar refractivity (Wildman–Crippen MR) is 60.1 cm³/mol. The summed E-state index contributed by atoms with van der Waals surface area (Å²) in [4.78, 5) is 0. The Kier molecular flexibility index (Phi) is 2.59. The highest BCUT2D eigenvalue weighted by Crippen LogP contribution is 2.32. The molecule has 0 radical (unpaired) electrons. The summed E-state index contributed by atoms with van der Waals surface area (Å²) in [6.45, 7) is 0. The van der Waals surface area contributed by atoms with Gasteiger partial charge in [-0.15, -0.1) is 0 Å². The minimum absolute atomic E-state index is 0.245. The topological polar surface area (TPSA) is 29.5 Å². The summed E-state index contributed by atoms with van der Waals surface area (Å²) in [7, 11) is 1.62. The second kappa shape index (κ2) is 4.05. The number of hydrogen-bond donors (Lipinski definition) is 1. The van der Waals surface area contributed by atoms with Gasteiger partial charge in [0, 0.05) is 5.56 Å². The van der Waals surface area contributed by atoms with Crippen molar-refractivity contribution in [3.8, 4) is 22.6 Å². The quantitative estimate of drug-likeness (QED) is 0.807. The second-order valence-electron chi connectivity index (χ2n) is 3.25. The van der Waals surface area contributed by atoms with Gasteiger partial charge in [-0.25, -0.2) is 0 Å².